The number of carboxylic acids is 1. The van der Waals surface area contributed by atoms with Crippen molar-refractivity contribution in [3.8, 4) is 17.2 Å². The Hall–Kier alpha value is -2.87. The van der Waals surface area contributed by atoms with E-state index in [-0.39, 0.29) is 6.42 Å². The van der Waals surface area contributed by atoms with E-state index in [1.165, 1.54) is 0 Å². The zero-order chi connectivity index (χ0) is 15.2. The Morgan fingerprint density at radius 1 is 1.33 bits per heavy atom. The quantitative estimate of drug-likeness (QED) is 0.911. The number of carboxylic acid groups (broad SMARTS) is 1. The average Bonchev–Trinajstić information content (AvgIpc) is 2.52. The first-order valence-corrected chi connectivity index (χ1v) is 6.51. The Labute approximate surface area is 123 Å². The van der Waals surface area contributed by atoms with Crippen LogP contribution in [-0.4, -0.2) is 29.7 Å². The lowest BCUT2D eigenvalue weighted by Crippen LogP contribution is -2.23. The Morgan fingerprint density at radius 3 is 2.67 bits per heavy atom. The molecule has 0 unspecified atom stereocenters. The van der Waals surface area contributed by atoms with Crippen LogP contribution in [0.3, 0.4) is 0 Å². The Morgan fingerprint density at radius 2 is 2.05 bits per heavy atom. The van der Waals surface area contributed by atoms with E-state index < -0.39 is 5.97 Å². The fourth-order valence-corrected chi connectivity index (χ4v) is 2.08. The summed E-state index contributed by atoms with van der Waals surface area (Å²) in [6, 6.07) is 13.6. The van der Waals surface area contributed by atoms with Gasteiger partial charge in [0.1, 0.15) is 17.5 Å². The molecule has 0 aliphatic rings. The topological polar surface area (TPSA) is 77.2 Å². The van der Waals surface area contributed by atoms with Crippen LogP contribution in [0.25, 0.3) is 11.1 Å². The highest BCUT2D eigenvalue weighted by atomic mass is 16.4. The number of hydrogen-bond donors (Lipinski definition) is 1. The van der Waals surface area contributed by atoms with Crippen LogP contribution in [-0.2, 0) is 4.79 Å². The number of rotatable bonds is 5. The summed E-state index contributed by atoms with van der Waals surface area (Å²) in [5.74, 6) is -0.375. The minimum Gasteiger partial charge on any atom is -0.481 e. The van der Waals surface area contributed by atoms with E-state index in [9.17, 15) is 10.1 Å². The lowest BCUT2D eigenvalue weighted by Gasteiger charge is -2.19. The second-order valence-corrected chi connectivity index (χ2v) is 4.60. The molecule has 0 aliphatic carbocycles. The van der Waals surface area contributed by atoms with E-state index in [2.05, 4.69) is 11.1 Å². The number of carbonyl (C=O) groups is 1. The number of pyridine rings is 1. The summed E-state index contributed by atoms with van der Waals surface area (Å²) in [6.45, 7) is 0.301. The zero-order valence-electron chi connectivity index (χ0n) is 11.7. The molecule has 0 fully saturated rings. The zero-order valence-corrected chi connectivity index (χ0v) is 11.7. The van der Waals surface area contributed by atoms with Crippen LogP contribution in [0.1, 0.15) is 12.0 Å². The molecule has 1 N–H and O–H groups in total. The fourth-order valence-electron chi connectivity index (χ4n) is 2.08. The summed E-state index contributed by atoms with van der Waals surface area (Å²) < 4.78 is 0. The van der Waals surface area contributed by atoms with E-state index in [1.54, 1.807) is 24.2 Å². The molecule has 5 heteroatoms. The van der Waals surface area contributed by atoms with Crippen molar-refractivity contribution in [1.29, 1.82) is 5.26 Å². The van der Waals surface area contributed by atoms with Crippen molar-refractivity contribution < 1.29 is 9.90 Å². The number of benzene rings is 1. The van der Waals surface area contributed by atoms with E-state index in [0.29, 0.717) is 17.9 Å². The molecule has 106 valence electrons. The second kappa shape index (κ2) is 6.53. The van der Waals surface area contributed by atoms with Crippen LogP contribution in [0, 0.1) is 11.3 Å². The predicted octanol–water partition coefficient (Wildman–Crippen LogP) is 2.53. The molecule has 0 saturated heterocycles. The van der Waals surface area contributed by atoms with Gasteiger partial charge in [-0.3, -0.25) is 4.79 Å². The molecule has 2 aromatic rings. The SMILES string of the molecule is CN(CCC(=O)O)c1nccc(-c2ccccc2)c1C#N. The minimum atomic E-state index is -0.875. The molecule has 0 amide bonds. The molecule has 5 nitrogen and oxygen atoms in total. The van der Waals surface area contributed by atoms with Gasteiger partial charge in [0.05, 0.1) is 6.42 Å². The van der Waals surface area contributed by atoms with Gasteiger partial charge in [-0.25, -0.2) is 4.98 Å². The molecule has 0 atom stereocenters. The van der Waals surface area contributed by atoms with Crippen LogP contribution in [0.2, 0.25) is 0 Å². The van der Waals surface area contributed by atoms with Gasteiger partial charge >= 0.3 is 5.97 Å². The van der Waals surface area contributed by atoms with Gasteiger partial charge in [-0.05, 0) is 11.6 Å². The Bertz CT molecular complexity index is 678. The third kappa shape index (κ3) is 3.37. The Kier molecular flexibility index (Phi) is 4.52. The van der Waals surface area contributed by atoms with Gasteiger partial charge in [0.25, 0.3) is 0 Å². The molecule has 0 saturated carbocycles. The number of nitriles is 1. The molecular weight excluding hydrogens is 266 g/mol. The lowest BCUT2D eigenvalue weighted by atomic mass is 10.0. The summed E-state index contributed by atoms with van der Waals surface area (Å²) >= 11 is 0. The van der Waals surface area contributed by atoms with Crippen molar-refractivity contribution in [2.45, 2.75) is 6.42 Å². The van der Waals surface area contributed by atoms with E-state index in [4.69, 9.17) is 5.11 Å². The largest absolute Gasteiger partial charge is 0.481 e. The smallest absolute Gasteiger partial charge is 0.305 e. The molecule has 21 heavy (non-hydrogen) atoms. The average molecular weight is 281 g/mol. The highest BCUT2D eigenvalue weighted by Gasteiger charge is 2.15. The van der Waals surface area contributed by atoms with Gasteiger partial charge in [0.2, 0.25) is 0 Å². The van der Waals surface area contributed by atoms with Gasteiger partial charge in [-0.15, -0.1) is 0 Å². The van der Waals surface area contributed by atoms with Gasteiger partial charge in [-0.2, -0.15) is 5.26 Å². The van der Waals surface area contributed by atoms with Gasteiger partial charge in [0, 0.05) is 25.4 Å². The summed E-state index contributed by atoms with van der Waals surface area (Å²) in [5.41, 5.74) is 2.19. The lowest BCUT2D eigenvalue weighted by molar-refractivity contribution is -0.136. The fraction of sp³-hybridized carbons (Fsp3) is 0.188. The predicted molar refractivity (Wildman–Crippen MR) is 79.9 cm³/mol. The Balaban J connectivity index is 2.40. The van der Waals surface area contributed by atoms with Crippen LogP contribution >= 0.6 is 0 Å². The first-order valence-electron chi connectivity index (χ1n) is 6.51. The van der Waals surface area contributed by atoms with E-state index in [1.807, 2.05) is 30.3 Å². The molecule has 0 radical (unpaired) electrons. The molecule has 1 heterocycles. The van der Waals surface area contributed by atoms with Crippen LogP contribution < -0.4 is 4.90 Å². The maximum atomic E-state index is 10.7. The number of aromatic nitrogens is 1. The summed E-state index contributed by atoms with van der Waals surface area (Å²) in [6.07, 6.45) is 1.63. The first-order chi connectivity index (χ1) is 10.1. The van der Waals surface area contributed by atoms with Crippen molar-refractivity contribution in [3.05, 3.63) is 48.2 Å². The number of hydrogen-bond acceptors (Lipinski definition) is 4. The summed E-state index contributed by atoms with van der Waals surface area (Å²) in [5, 5.41) is 18.2. The molecule has 1 aromatic carbocycles. The molecular formula is C16H15N3O2. The van der Waals surface area contributed by atoms with E-state index in [0.717, 1.165) is 11.1 Å². The van der Waals surface area contributed by atoms with Crippen LogP contribution in [0.4, 0.5) is 5.82 Å². The molecule has 0 aliphatic heterocycles. The first kappa shape index (κ1) is 14.5. The summed E-state index contributed by atoms with van der Waals surface area (Å²) in [4.78, 5) is 16.6. The highest BCUT2D eigenvalue weighted by Crippen LogP contribution is 2.28. The highest BCUT2D eigenvalue weighted by molar-refractivity contribution is 5.76. The third-order valence-electron chi connectivity index (χ3n) is 3.15. The molecule has 0 spiro atoms. The molecule has 0 bridgehead atoms. The van der Waals surface area contributed by atoms with Gasteiger partial charge < -0.3 is 10.0 Å². The maximum Gasteiger partial charge on any atom is 0.305 e. The van der Waals surface area contributed by atoms with Crippen molar-refractivity contribution >= 4 is 11.8 Å². The van der Waals surface area contributed by atoms with Gasteiger partial charge in [-0.1, -0.05) is 30.3 Å². The standard InChI is InChI=1S/C16H15N3O2/c1-19(10-8-15(20)21)16-14(11-17)13(7-9-18-16)12-5-3-2-4-6-12/h2-7,9H,8,10H2,1H3,(H,20,21). The summed E-state index contributed by atoms with van der Waals surface area (Å²) in [7, 11) is 1.74. The molecule has 1 aromatic heterocycles. The number of anilines is 1. The maximum absolute atomic E-state index is 10.7. The van der Waals surface area contributed by atoms with Crippen molar-refractivity contribution in [2.24, 2.45) is 0 Å². The number of nitrogens with zero attached hydrogens (tertiary/aromatic N) is 3. The van der Waals surface area contributed by atoms with Crippen molar-refractivity contribution in [3.63, 3.8) is 0 Å². The van der Waals surface area contributed by atoms with Crippen LogP contribution in [0.5, 0.6) is 0 Å². The molecule has 2 rings (SSSR count). The monoisotopic (exact) mass is 281 g/mol. The normalized spacial score (nSPS) is 9.90. The van der Waals surface area contributed by atoms with Crippen molar-refractivity contribution in [2.75, 3.05) is 18.5 Å². The van der Waals surface area contributed by atoms with Crippen molar-refractivity contribution in [1.82, 2.24) is 4.98 Å². The second-order valence-electron chi connectivity index (χ2n) is 4.60. The van der Waals surface area contributed by atoms with E-state index >= 15 is 0 Å². The third-order valence-corrected chi connectivity index (χ3v) is 3.15. The van der Waals surface area contributed by atoms with Crippen LogP contribution in [0.15, 0.2) is 42.6 Å². The van der Waals surface area contributed by atoms with Gasteiger partial charge in [0.15, 0.2) is 0 Å². The minimum absolute atomic E-state index is 0.00138. The number of aliphatic carboxylic acids is 1.